The molecule has 3 rings (SSSR count). The standard InChI is InChI=1S/C16H24N4S/c1-3-8-17-16-19-14(13-7-9-21-15(13)20-16)18-12-6-4-5-11(2)10-12/h7,9,11-12H,3-6,8,10H2,1-2H3,(H2,17,18,19,20). The third-order valence-electron chi connectivity index (χ3n) is 4.14. The van der Waals surface area contributed by atoms with Crippen LogP contribution in [-0.2, 0) is 0 Å². The van der Waals surface area contributed by atoms with Gasteiger partial charge in [0.2, 0.25) is 5.95 Å². The first-order valence-corrected chi connectivity index (χ1v) is 8.90. The molecular formula is C16H24N4S. The summed E-state index contributed by atoms with van der Waals surface area (Å²) in [7, 11) is 0. The van der Waals surface area contributed by atoms with Crippen LogP contribution >= 0.6 is 11.3 Å². The van der Waals surface area contributed by atoms with Gasteiger partial charge < -0.3 is 10.6 Å². The van der Waals surface area contributed by atoms with E-state index in [0.29, 0.717) is 6.04 Å². The first kappa shape index (κ1) is 14.6. The van der Waals surface area contributed by atoms with E-state index in [2.05, 4.69) is 40.9 Å². The van der Waals surface area contributed by atoms with E-state index in [4.69, 9.17) is 4.98 Å². The van der Waals surface area contributed by atoms with Gasteiger partial charge in [0.1, 0.15) is 10.6 Å². The molecule has 0 aromatic carbocycles. The van der Waals surface area contributed by atoms with Crippen LogP contribution in [0.3, 0.4) is 0 Å². The van der Waals surface area contributed by atoms with Crippen molar-refractivity contribution < 1.29 is 0 Å². The Morgan fingerprint density at radius 3 is 3.05 bits per heavy atom. The molecule has 1 aliphatic rings. The van der Waals surface area contributed by atoms with E-state index in [0.717, 1.165) is 40.9 Å². The molecule has 2 N–H and O–H groups in total. The third-order valence-corrected chi connectivity index (χ3v) is 4.94. The lowest BCUT2D eigenvalue weighted by atomic mass is 9.87. The molecule has 2 unspecified atom stereocenters. The highest BCUT2D eigenvalue weighted by atomic mass is 32.1. The summed E-state index contributed by atoms with van der Waals surface area (Å²) in [4.78, 5) is 10.4. The first-order chi connectivity index (χ1) is 10.3. The quantitative estimate of drug-likeness (QED) is 0.853. The van der Waals surface area contributed by atoms with E-state index < -0.39 is 0 Å². The summed E-state index contributed by atoms with van der Waals surface area (Å²) >= 11 is 1.68. The fourth-order valence-electron chi connectivity index (χ4n) is 3.04. The monoisotopic (exact) mass is 304 g/mol. The molecule has 4 nitrogen and oxygen atoms in total. The van der Waals surface area contributed by atoms with Crippen molar-refractivity contribution in [2.24, 2.45) is 5.92 Å². The number of nitrogens with zero attached hydrogens (tertiary/aromatic N) is 2. The minimum Gasteiger partial charge on any atom is -0.367 e. The van der Waals surface area contributed by atoms with Gasteiger partial charge in [0.25, 0.3) is 0 Å². The molecule has 1 saturated carbocycles. The van der Waals surface area contributed by atoms with Crippen molar-refractivity contribution in [3.63, 3.8) is 0 Å². The summed E-state index contributed by atoms with van der Waals surface area (Å²) in [6, 6.07) is 2.67. The molecule has 2 heterocycles. The van der Waals surface area contributed by atoms with E-state index in [9.17, 15) is 0 Å². The zero-order valence-electron chi connectivity index (χ0n) is 12.9. The Morgan fingerprint density at radius 1 is 1.33 bits per heavy atom. The second kappa shape index (κ2) is 6.60. The zero-order chi connectivity index (χ0) is 14.7. The van der Waals surface area contributed by atoms with Crippen LogP contribution in [0.15, 0.2) is 11.4 Å². The van der Waals surface area contributed by atoms with Crippen molar-refractivity contribution in [3.05, 3.63) is 11.4 Å². The Labute approximate surface area is 130 Å². The first-order valence-electron chi connectivity index (χ1n) is 8.02. The van der Waals surface area contributed by atoms with E-state index in [1.807, 2.05) is 0 Å². The van der Waals surface area contributed by atoms with Gasteiger partial charge in [-0.05, 0) is 36.6 Å². The van der Waals surface area contributed by atoms with Crippen molar-refractivity contribution in [2.45, 2.75) is 52.0 Å². The fourth-order valence-corrected chi connectivity index (χ4v) is 3.80. The average Bonchev–Trinajstić information content (AvgIpc) is 2.94. The van der Waals surface area contributed by atoms with E-state index in [1.54, 1.807) is 11.3 Å². The number of nitrogens with one attached hydrogen (secondary N) is 2. The third kappa shape index (κ3) is 3.46. The second-order valence-electron chi connectivity index (χ2n) is 6.08. The van der Waals surface area contributed by atoms with Crippen molar-refractivity contribution in [1.29, 1.82) is 0 Å². The molecule has 2 atom stereocenters. The Kier molecular flexibility index (Phi) is 4.58. The van der Waals surface area contributed by atoms with Crippen LogP contribution in [0.25, 0.3) is 10.2 Å². The lowest BCUT2D eigenvalue weighted by Gasteiger charge is -2.28. The smallest absolute Gasteiger partial charge is 0.226 e. The predicted molar refractivity (Wildman–Crippen MR) is 91.2 cm³/mol. The zero-order valence-corrected chi connectivity index (χ0v) is 13.7. The van der Waals surface area contributed by atoms with Gasteiger partial charge in [0.15, 0.2) is 0 Å². The molecule has 2 aromatic rings. The van der Waals surface area contributed by atoms with Gasteiger partial charge in [0, 0.05) is 12.6 Å². The van der Waals surface area contributed by atoms with E-state index in [1.165, 1.54) is 25.7 Å². The highest BCUT2D eigenvalue weighted by Crippen LogP contribution is 2.30. The summed E-state index contributed by atoms with van der Waals surface area (Å²) in [5.41, 5.74) is 0. The van der Waals surface area contributed by atoms with Gasteiger partial charge in [-0.2, -0.15) is 4.98 Å². The Balaban J connectivity index is 1.83. The van der Waals surface area contributed by atoms with Crippen molar-refractivity contribution in [2.75, 3.05) is 17.2 Å². The molecule has 0 radical (unpaired) electrons. The SMILES string of the molecule is CCCNc1nc(NC2CCCC(C)C2)c2ccsc2n1. The summed E-state index contributed by atoms with van der Waals surface area (Å²) in [5, 5.41) is 10.2. The molecule has 2 aromatic heterocycles. The van der Waals surface area contributed by atoms with Gasteiger partial charge >= 0.3 is 0 Å². The largest absolute Gasteiger partial charge is 0.367 e. The molecule has 1 fully saturated rings. The number of rotatable bonds is 5. The topological polar surface area (TPSA) is 49.8 Å². The van der Waals surface area contributed by atoms with Crippen molar-refractivity contribution in [1.82, 2.24) is 9.97 Å². The molecule has 21 heavy (non-hydrogen) atoms. The molecule has 0 amide bonds. The normalized spacial score (nSPS) is 22.4. The number of hydrogen-bond acceptors (Lipinski definition) is 5. The van der Waals surface area contributed by atoms with Crippen LogP contribution < -0.4 is 10.6 Å². The summed E-state index contributed by atoms with van der Waals surface area (Å²) < 4.78 is 0. The van der Waals surface area contributed by atoms with Crippen molar-refractivity contribution in [3.8, 4) is 0 Å². The van der Waals surface area contributed by atoms with E-state index in [-0.39, 0.29) is 0 Å². The summed E-state index contributed by atoms with van der Waals surface area (Å²) in [6.45, 7) is 5.41. The summed E-state index contributed by atoms with van der Waals surface area (Å²) in [5.74, 6) is 2.56. The fraction of sp³-hybridized carbons (Fsp3) is 0.625. The predicted octanol–water partition coefficient (Wildman–Crippen LogP) is 4.50. The molecule has 5 heteroatoms. The number of anilines is 2. The number of thiophene rings is 1. The second-order valence-corrected chi connectivity index (χ2v) is 6.97. The minimum absolute atomic E-state index is 0.547. The lowest BCUT2D eigenvalue weighted by Crippen LogP contribution is -2.26. The highest BCUT2D eigenvalue weighted by Gasteiger charge is 2.20. The Bertz CT molecular complexity index is 595. The van der Waals surface area contributed by atoms with Gasteiger partial charge in [-0.25, -0.2) is 4.98 Å². The molecule has 1 aliphatic carbocycles. The van der Waals surface area contributed by atoms with Crippen LogP contribution in [0.4, 0.5) is 11.8 Å². The Hall–Kier alpha value is -1.36. The number of aromatic nitrogens is 2. The van der Waals surface area contributed by atoms with Gasteiger partial charge in [-0.1, -0.05) is 26.7 Å². The molecule has 0 saturated heterocycles. The van der Waals surface area contributed by atoms with Gasteiger partial charge in [-0.15, -0.1) is 11.3 Å². The van der Waals surface area contributed by atoms with Crippen LogP contribution in [0, 0.1) is 5.92 Å². The minimum atomic E-state index is 0.547. The number of hydrogen-bond donors (Lipinski definition) is 2. The highest BCUT2D eigenvalue weighted by molar-refractivity contribution is 7.16. The van der Waals surface area contributed by atoms with Crippen molar-refractivity contribution >= 4 is 33.3 Å². The van der Waals surface area contributed by atoms with Crippen LogP contribution in [-0.4, -0.2) is 22.6 Å². The molecule has 0 aliphatic heterocycles. The molecule has 114 valence electrons. The Morgan fingerprint density at radius 2 is 2.24 bits per heavy atom. The summed E-state index contributed by atoms with van der Waals surface area (Å²) in [6.07, 6.45) is 6.25. The van der Waals surface area contributed by atoms with Crippen LogP contribution in [0.5, 0.6) is 0 Å². The number of fused-ring (bicyclic) bond motifs is 1. The maximum atomic E-state index is 4.70. The average molecular weight is 304 g/mol. The molecule has 0 spiro atoms. The van der Waals surface area contributed by atoms with Crippen LogP contribution in [0.2, 0.25) is 0 Å². The lowest BCUT2D eigenvalue weighted by molar-refractivity contribution is 0.358. The van der Waals surface area contributed by atoms with Gasteiger partial charge in [-0.3, -0.25) is 0 Å². The maximum absolute atomic E-state index is 4.70. The van der Waals surface area contributed by atoms with Gasteiger partial charge in [0.05, 0.1) is 5.39 Å². The van der Waals surface area contributed by atoms with Crippen LogP contribution in [0.1, 0.15) is 46.0 Å². The van der Waals surface area contributed by atoms with E-state index >= 15 is 0 Å². The molecule has 0 bridgehead atoms. The molecular weight excluding hydrogens is 280 g/mol. The maximum Gasteiger partial charge on any atom is 0.226 e.